The van der Waals surface area contributed by atoms with Gasteiger partial charge < -0.3 is 5.73 Å². The summed E-state index contributed by atoms with van der Waals surface area (Å²) < 4.78 is 0. The molecular formula is C17H27N3. The average molecular weight is 273 g/mol. The number of rotatable bonds is 1. The number of fused-ring (bicyclic) bond motifs is 1. The van der Waals surface area contributed by atoms with Gasteiger partial charge in [0.15, 0.2) is 0 Å². The molecule has 3 nitrogen and oxygen atoms in total. The summed E-state index contributed by atoms with van der Waals surface area (Å²) in [5.74, 6) is 0.518. The van der Waals surface area contributed by atoms with Crippen LogP contribution in [0.1, 0.15) is 57.2 Å². The number of benzene rings is 1. The van der Waals surface area contributed by atoms with Crippen molar-refractivity contribution in [1.82, 2.24) is 10.9 Å². The fraction of sp³-hybridized carbons (Fsp3) is 0.647. The Morgan fingerprint density at radius 3 is 2.40 bits per heavy atom. The number of hydrogen-bond donors (Lipinski definition) is 3. The molecule has 1 aromatic carbocycles. The minimum absolute atomic E-state index is 0.212. The van der Waals surface area contributed by atoms with Gasteiger partial charge in [0.2, 0.25) is 0 Å². The summed E-state index contributed by atoms with van der Waals surface area (Å²) in [6.07, 6.45) is 3.63. The zero-order valence-corrected chi connectivity index (χ0v) is 12.8. The molecule has 4 atom stereocenters. The Bertz CT molecular complexity index is 460. The van der Waals surface area contributed by atoms with Crippen molar-refractivity contribution in [2.45, 2.75) is 63.6 Å². The van der Waals surface area contributed by atoms with Gasteiger partial charge in [-0.3, -0.25) is 5.43 Å². The molecule has 1 saturated carbocycles. The fourth-order valence-corrected chi connectivity index (χ4v) is 3.69. The van der Waals surface area contributed by atoms with Crippen LogP contribution in [0, 0.1) is 5.92 Å². The van der Waals surface area contributed by atoms with E-state index < -0.39 is 0 Å². The van der Waals surface area contributed by atoms with Crippen molar-refractivity contribution in [1.29, 1.82) is 0 Å². The highest BCUT2D eigenvalue weighted by Crippen LogP contribution is 2.37. The molecule has 1 aromatic rings. The topological polar surface area (TPSA) is 50.1 Å². The van der Waals surface area contributed by atoms with Gasteiger partial charge in [-0.05, 0) is 29.4 Å². The molecule has 0 amide bonds. The van der Waals surface area contributed by atoms with Crippen molar-refractivity contribution < 1.29 is 0 Å². The minimum atomic E-state index is 0.212. The zero-order valence-electron chi connectivity index (χ0n) is 12.8. The van der Waals surface area contributed by atoms with Gasteiger partial charge in [-0.2, -0.15) is 0 Å². The van der Waals surface area contributed by atoms with E-state index in [0.717, 1.165) is 6.42 Å². The van der Waals surface area contributed by atoms with Crippen LogP contribution in [0.4, 0.5) is 0 Å². The Morgan fingerprint density at radius 1 is 1.05 bits per heavy atom. The van der Waals surface area contributed by atoms with E-state index in [1.54, 1.807) is 0 Å². The number of nitrogens with two attached hydrogens (primary N) is 1. The summed E-state index contributed by atoms with van der Waals surface area (Å²) in [6, 6.07) is 10.3. The van der Waals surface area contributed by atoms with Crippen molar-refractivity contribution in [3.8, 4) is 0 Å². The van der Waals surface area contributed by atoms with Gasteiger partial charge >= 0.3 is 0 Å². The smallest absolute Gasteiger partial charge is 0.0520 e. The largest absolute Gasteiger partial charge is 0.327 e. The van der Waals surface area contributed by atoms with Gasteiger partial charge in [0, 0.05) is 18.0 Å². The van der Waals surface area contributed by atoms with Crippen LogP contribution in [0.25, 0.3) is 0 Å². The van der Waals surface area contributed by atoms with E-state index in [1.807, 2.05) is 0 Å². The first-order valence-corrected chi connectivity index (χ1v) is 7.84. The lowest BCUT2D eigenvalue weighted by atomic mass is 9.76. The average Bonchev–Trinajstić information content (AvgIpc) is 2.83. The van der Waals surface area contributed by atoms with E-state index in [2.05, 4.69) is 55.9 Å². The quantitative estimate of drug-likeness (QED) is 0.737. The van der Waals surface area contributed by atoms with E-state index in [1.165, 1.54) is 24.0 Å². The maximum Gasteiger partial charge on any atom is 0.0520 e. The first-order chi connectivity index (χ1) is 9.47. The van der Waals surface area contributed by atoms with Crippen molar-refractivity contribution in [3.05, 3.63) is 35.4 Å². The molecule has 4 N–H and O–H groups in total. The van der Waals surface area contributed by atoms with Gasteiger partial charge in [0.05, 0.1) is 6.04 Å². The van der Waals surface area contributed by atoms with Gasteiger partial charge in [0.1, 0.15) is 0 Å². The van der Waals surface area contributed by atoms with Crippen molar-refractivity contribution >= 4 is 0 Å². The van der Waals surface area contributed by atoms with Crippen LogP contribution in [0.3, 0.4) is 0 Å². The molecule has 3 heteroatoms. The maximum atomic E-state index is 6.37. The van der Waals surface area contributed by atoms with E-state index in [9.17, 15) is 0 Å². The minimum Gasteiger partial charge on any atom is -0.327 e. The molecule has 20 heavy (non-hydrogen) atoms. The lowest BCUT2D eigenvalue weighted by molar-refractivity contribution is 0.265. The monoisotopic (exact) mass is 273 g/mol. The molecule has 2 fully saturated rings. The van der Waals surface area contributed by atoms with Crippen LogP contribution in [0.2, 0.25) is 0 Å². The van der Waals surface area contributed by atoms with Crippen LogP contribution in [-0.2, 0) is 5.41 Å². The Hall–Kier alpha value is -0.900. The third kappa shape index (κ3) is 2.50. The lowest BCUT2D eigenvalue weighted by Crippen LogP contribution is -2.43. The molecule has 1 aliphatic carbocycles. The SMILES string of the molecule is CC(C)(C)c1ccc(C2NNC3CCCC(N)C32)cc1. The van der Waals surface area contributed by atoms with E-state index in [4.69, 9.17) is 5.73 Å². The van der Waals surface area contributed by atoms with Crippen LogP contribution in [0.15, 0.2) is 24.3 Å². The molecule has 1 aliphatic heterocycles. The first-order valence-electron chi connectivity index (χ1n) is 7.84. The molecule has 0 bridgehead atoms. The third-order valence-electron chi connectivity index (χ3n) is 4.96. The molecule has 0 radical (unpaired) electrons. The van der Waals surface area contributed by atoms with E-state index >= 15 is 0 Å². The molecule has 0 spiro atoms. The Kier molecular flexibility index (Phi) is 3.61. The Labute approximate surface area is 122 Å². The second-order valence-corrected chi connectivity index (χ2v) is 7.42. The molecule has 0 aromatic heterocycles. The molecule has 1 saturated heterocycles. The maximum absolute atomic E-state index is 6.37. The lowest BCUT2D eigenvalue weighted by Gasteiger charge is -2.33. The summed E-state index contributed by atoms with van der Waals surface area (Å²) in [7, 11) is 0. The summed E-state index contributed by atoms with van der Waals surface area (Å²) in [5, 5.41) is 0. The Morgan fingerprint density at radius 2 is 1.75 bits per heavy atom. The molecule has 1 heterocycles. The fourth-order valence-electron chi connectivity index (χ4n) is 3.69. The second-order valence-electron chi connectivity index (χ2n) is 7.42. The van der Waals surface area contributed by atoms with Gasteiger partial charge in [-0.15, -0.1) is 0 Å². The standard InChI is InChI=1S/C17H27N3/c1-17(2,3)12-9-7-11(8-10-12)16-15-13(18)5-4-6-14(15)19-20-16/h7-10,13-16,19-20H,4-6,18H2,1-3H3. The van der Waals surface area contributed by atoms with Gasteiger partial charge in [0.25, 0.3) is 0 Å². The van der Waals surface area contributed by atoms with Crippen molar-refractivity contribution in [2.24, 2.45) is 11.7 Å². The molecular weight excluding hydrogens is 246 g/mol. The predicted octanol–water partition coefficient (Wildman–Crippen LogP) is 2.63. The van der Waals surface area contributed by atoms with Crippen LogP contribution in [0.5, 0.6) is 0 Å². The molecule has 2 aliphatic rings. The van der Waals surface area contributed by atoms with Crippen LogP contribution in [-0.4, -0.2) is 12.1 Å². The molecule has 3 rings (SSSR count). The normalized spacial score (nSPS) is 34.0. The number of nitrogens with one attached hydrogen (secondary N) is 2. The van der Waals surface area contributed by atoms with Crippen LogP contribution >= 0.6 is 0 Å². The highest BCUT2D eigenvalue weighted by atomic mass is 15.4. The highest BCUT2D eigenvalue weighted by molar-refractivity contribution is 5.30. The van der Waals surface area contributed by atoms with Crippen molar-refractivity contribution in [2.75, 3.05) is 0 Å². The Balaban J connectivity index is 1.82. The summed E-state index contributed by atoms with van der Waals surface area (Å²) in [5.41, 5.74) is 16.2. The summed E-state index contributed by atoms with van der Waals surface area (Å²) >= 11 is 0. The third-order valence-corrected chi connectivity index (χ3v) is 4.96. The van der Waals surface area contributed by atoms with Crippen LogP contribution < -0.4 is 16.6 Å². The molecule has 110 valence electrons. The number of hydrazine groups is 1. The van der Waals surface area contributed by atoms with E-state index in [-0.39, 0.29) is 5.41 Å². The molecule has 4 unspecified atom stereocenters. The number of hydrogen-bond acceptors (Lipinski definition) is 3. The second kappa shape index (κ2) is 5.14. The summed E-state index contributed by atoms with van der Waals surface area (Å²) in [6.45, 7) is 6.76. The van der Waals surface area contributed by atoms with E-state index in [0.29, 0.717) is 24.0 Å². The zero-order chi connectivity index (χ0) is 14.3. The van der Waals surface area contributed by atoms with Crippen molar-refractivity contribution in [3.63, 3.8) is 0 Å². The summed E-state index contributed by atoms with van der Waals surface area (Å²) in [4.78, 5) is 0. The van der Waals surface area contributed by atoms with Gasteiger partial charge in [-0.25, -0.2) is 5.43 Å². The predicted molar refractivity (Wildman–Crippen MR) is 83.3 cm³/mol. The highest BCUT2D eigenvalue weighted by Gasteiger charge is 2.42. The first kappa shape index (κ1) is 14.1. The van der Waals surface area contributed by atoms with Gasteiger partial charge in [-0.1, -0.05) is 51.5 Å².